The number of ether oxygens (including phenoxy) is 2. The maximum Gasteiger partial charge on any atom is 0.534 e. The molecule has 0 amide bonds. The number of fused-ring (bicyclic) bond motifs is 4. The zero-order valence-electron chi connectivity index (χ0n) is 16.3. The minimum atomic E-state index is -5.90. The summed E-state index contributed by atoms with van der Waals surface area (Å²) in [6.45, 7) is 0. The number of aryl methyl sites for hydroxylation is 1. The standard InChI is InChI=1S/C21H16ClF3O5S/c1-28-12-4-7-14-11(9-12)3-6-16-18(14)19(22)15-8-5-13(29-2)10-17(15)20(16)30-31(26,27)21(23,24)25/h4-5,7-10H,3,6H2,1-2H3. The molecule has 0 bridgehead atoms. The molecular weight excluding hydrogens is 457 g/mol. The van der Waals surface area contributed by atoms with Gasteiger partial charge in [0.1, 0.15) is 11.5 Å². The summed E-state index contributed by atoms with van der Waals surface area (Å²) in [5.74, 6) is 0.547. The van der Waals surface area contributed by atoms with Crippen molar-refractivity contribution in [2.24, 2.45) is 0 Å². The highest BCUT2D eigenvalue weighted by atomic mass is 35.5. The van der Waals surface area contributed by atoms with Gasteiger partial charge in [0.15, 0.2) is 5.75 Å². The van der Waals surface area contributed by atoms with Crippen LogP contribution in [0.5, 0.6) is 17.2 Å². The molecule has 0 saturated heterocycles. The van der Waals surface area contributed by atoms with Crippen LogP contribution in [0.4, 0.5) is 13.2 Å². The van der Waals surface area contributed by atoms with Gasteiger partial charge in [-0.2, -0.15) is 21.6 Å². The van der Waals surface area contributed by atoms with Gasteiger partial charge in [0.05, 0.1) is 19.2 Å². The first-order valence-electron chi connectivity index (χ1n) is 9.07. The molecule has 0 aliphatic heterocycles. The third-order valence-corrected chi connectivity index (χ3v) is 6.55. The molecule has 1 aliphatic carbocycles. The summed E-state index contributed by atoms with van der Waals surface area (Å²) in [5, 5.41) is 0.751. The molecule has 10 heteroatoms. The van der Waals surface area contributed by atoms with Crippen LogP contribution in [0.2, 0.25) is 5.02 Å². The first-order valence-corrected chi connectivity index (χ1v) is 10.9. The maximum atomic E-state index is 13.1. The maximum absolute atomic E-state index is 13.1. The summed E-state index contributed by atoms with van der Waals surface area (Å²) in [6, 6.07) is 9.82. The van der Waals surface area contributed by atoms with Crippen LogP contribution >= 0.6 is 11.6 Å². The van der Waals surface area contributed by atoms with Gasteiger partial charge in [-0.25, -0.2) is 0 Å². The van der Waals surface area contributed by atoms with E-state index in [1.165, 1.54) is 20.3 Å². The lowest BCUT2D eigenvalue weighted by Gasteiger charge is -2.26. The molecule has 0 unspecified atom stereocenters. The summed E-state index contributed by atoms with van der Waals surface area (Å²) >= 11 is 6.69. The molecule has 0 atom stereocenters. The number of methoxy groups -OCH3 is 2. The van der Waals surface area contributed by atoms with E-state index in [-0.39, 0.29) is 22.4 Å². The highest BCUT2D eigenvalue weighted by molar-refractivity contribution is 7.88. The van der Waals surface area contributed by atoms with Crippen LogP contribution in [-0.4, -0.2) is 28.1 Å². The zero-order valence-corrected chi connectivity index (χ0v) is 17.9. The molecule has 31 heavy (non-hydrogen) atoms. The fourth-order valence-electron chi connectivity index (χ4n) is 3.75. The smallest absolute Gasteiger partial charge is 0.497 e. The Morgan fingerprint density at radius 2 is 1.58 bits per heavy atom. The highest BCUT2D eigenvalue weighted by Crippen LogP contribution is 2.50. The Morgan fingerprint density at radius 3 is 2.23 bits per heavy atom. The normalized spacial score (nSPS) is 13.5. The van der Waals surface area contributed by atoms with Gasteiger partial charge in [-0.3, -0.25) is 0 Å². The quantitative estimate of drug-likeness (QED) is 0.370. The third-order valence-electron chi connectivity index (χ3n) is 5.21. The lowest BCUT2D eigenvalue weighted by atomic mass is 9.83. The van der Waals surface area contributed by atoms with E-state index in [1.54, 1.807) is 24.3 Å². The molecule has 0 aromatic heterocycles. The summed E-state index contributed by atoms with van der Waals surface area (Å²) < 4.78 is 78.2. The van der Waals surface area contributed by atoms with Crippen LogP contribution in [0.1, 0.15) is 11.1 Å². The Hall–Kier alpha value is -2.65. The van der Waals surface area contributed by atoms with Crippen molar-refractivity contribution in [2.45, 2.75) is 18.3 Å². The van der Waals surface area contributed by atoms with Crippen molar-refractivity contribution in [2.75, 3.05) is 14.2 Å². The van der Waals surface area contributed by atoms with E-state index in [1.807, 2.05) is 6.07 Å². The average Bonchev–Trinajstić information content (AvgIpc) is 2.74. The summed E-state index contributed by atoms with van der Waals surface area (Å²) in [6.07, 6.45) is 0.666. The lowest BCUT2D eigenvalue weighted by Crippen LogP contribution is -2.28. The number of benzene rings is 3. The first-order chi connectivity index (χ1) is 14.6. The Balaban J connectivity index is 2.07. The van der Waals surface area contributed by atoms with Crippen LogP contribution in [0.3, 0.4) is 0 Å². The predicted octanol–water partition coefficient (Wildman–Crippen LogP) is 5.50. The van der Waals surface area contributed by atoms with E-state index in [4.69, 9.17) is 25.3 Å². The zero-order chi connectivity index (χ0) is 22.6. The highest BCUT2D eigenvalue weighted by Gasteiger charge is 2.49. The minimum absolute atomic E-state index is 0.118. The minimum Gasteiger partial charge on any atom is -0.497 e. The molecule has 1 aliphatic rings. The van der Waals surface area contributed by atoms with Crippen molar-refractivity contribution in [3.05, 3.63) is 52.5 Å². The van der Waals surface area contributed by atoms with Gasteiger partial charge < -0.3 is 13.7 Å². The topological polar surface area (TPSA) is 61.8 Å². The van der Waals surface area contributed by atoms with Crippen molar-refractivity contribution in [1.82, 2.24) is 0 Å². The van der Waals surface area contributed by atoms with Crippen LogP contribution in [-0.2, 0) is 23.0 Å². The van der Waals surface area contributed by atoms with Gasteiger partial charge in [0, 0.05) is 21.9 Å². The Bertz CT molecular complexity index is 1300. The van der Waals surface area contributed by atoms with Crippen LogP contribution in [0, 0.1) is 0 Å². The molecule has 3 aromatic carbocycles. The summed E-state index contributed by atoms with van der Waals surface area (Å²) in [7, 11) is -2.99. The summed E-state index contributed by atoms with van der Waals surface area (Å²) in [4.78, 5) is 0. The molecular formula is C21H16ClF3O5S. The second-order valence-electron chi connectivity index (χ2n) is 6.91. The molecule has 0 heterocycles. The Kier molecular flexibility index (Phi) is 5.21. The Labute approximate surface area is 181 Å². The van der Waals surface area contributed by atoms with E-state index in [0.29, 0.717) is 34.4 Å². The van der Waals surface area contributed by atoms with Gasteiger partial charge in [-0.05, 0) is 54.3 Å². The molecule has 3 aromatic rings. The third kappa shape index (κ3) is 3.55. The second-order valence-corrected chi connectivity index (χ2v) is 8.83. The number of halogens is 4. The van der Waals surface area contributed by atoms with Crippen molar-refractivity contribution in [3.63, 3.8) is 0 Å². The summed E-state index contributed by atoms with van der Waals surface area (Å²) in [5.41, 5.74) is -3.29. The number of alkyl halides is 3. The van der Waals surface area contributed by atoms with Crippen molar-refractivity contribution < 1.29 is 35.2 Å². The van der Waals surface area contributed by atoms with E-state index in [2.05, 4.69) is 0 Å². The molecule has 4 rings (SSSR count). The molecule has 0 radical (unpaired) electrons. The number of rotatable bonds is 4. The molecule has 0 spiro atoms. The van der Waals surface area contributed by atoms with Crippen LogP contribution in [0.15, 0.2) is 36.4 Å². The van der Waals surface area contributed by atoms with Crippen LogP contribution in [0.25, 0.3) is 21.9 Å². The van der Waals surface area contributed by atoms with E-state index in [9.17, 15) is 21.6 Å². The van der Waals surface area contributed by atoms with Gasteiger partial charge in [0.2, 0.25) is 0 Å². The van der Waals surface area contributed by atoms with Crippen molar-refractivity contribution in [3.8, 4) is 28.4 Å². The SMILES string of the molecule is COc1ccc2c(c1)CCc1c-2c(Cl)c2ccc(OC)cc2c1OS(=O)(=O)C(F)(F)F. The molecule has 5 nitrogen and oxygen atoms in total. The molecule has 164 valence electrons. The predicted molar refractivity (Wildman–Crippen MR) is 111 cm³/mol. The van der Waals surface area contributed by atoms with Crippen molar-refractivity contribution in [1.29, 1.82) is 0 Å². The first kappa shape index (κ1) is 21.6. The van der Waals surface area contributed by atoms with E-state index in [0.717, 1.165) is 5.56 Å². The van der Waals surface area contributed by atoms with Crippen molar-refractivity contribution >= 4 is 32.5 Å². The number of hydrogen-bond acceptors (Lipinski definition) is 5. The van der Waals surface area contributed by atoms with E-state index >= 15 is 0 Å². The Morgan fingerprint density at radius 1 is 0.935 bits per heavy atom. The molecule has 0 N–H and O–H groups in total. The molecule has 0 fully saturated rings. The van der Waals surface area contributed by atoms with E-state index < -0.39 is 21.4 Å². The fraction of sp³-hybridized carbons (Fsp3) is 0.238. The molecule has 0 saturated carbocycles. The second kappa shape index (κ2) is 7.49. The number of hydrogen-bond donors (Lipinski definition) is 0. The van der Waals surface area contributed by atoms with Gasteiger partial charge in [0.25, 0.3) is 0 Å². The van der Waals surface area contributed by atoms with Gasteiger partial charge >= 0.3 is 15.6 Å². The van der Waals surface area contributed by atoms with Gasteiger partial charge in [-0.15, -0.1) is 0 Å². The average molecular weight is 473 g/mol. The largest absolute Gasteiger partial charge is 0.534 e. The monoisotopic (exact) mass is 472 g/mol. The van der Waals surface area contributed by atoms with Gasteiger partial charge in [-0.1, -0.05) is 17.7 Å². The fourth-order valence-corrected chi connectivity index (χ4v) is 4.64. The van der Waals surface area contributed by atoms with Crippen LogP contribution < -0.4 is 13.7 Å². The lowest BCUT2D eigenvalue weighted by molar-refractivity contribution is -0.0499.